The van der Waals surface area contributed by atoms with E-state index in [1.807, 2.05) is 0 Å². The van der Waals surface area contributed by atoms with Crippen LogP contribution in [0.1, 0.15) is 42.9 Å². The second-order valence-corrected chi connectivity index (χ2v) is 7.52. The number of hydrogen-bond acceptors (Lipinski definition) is 4. The maximum absolute atomic E-state index is 12.8. The van der Waals surface area contributed by atoms with Crippen LogP contribution < -0.4 is 5.32 Å². The Balaban J connectivity index is 1.74. The molecule has 29 heavy (non-hydrogen) atoms. The number of halogens is 3. The SMILES string of the molecule is CC(C)C(=O)N[C@H]1CCN(C(=O)c2ccc3nc(C(F)(F)F)[nH]c3c2)CC[C@@H]1O. The summed E-state index contributed by atoms with van der Waals surface area (Å²) in [5, 5.41) is 13.1. The summed E-state index contributed by atoms with van der Waals surface area (Å²) in [4.78, 5) is 32.0. The molecule has 0 saturated carbocycles. The molecule has 1 aliphatic heterocycles. The minimum atomic E-state index is -4.60. The number of imidazole rings is 1. The third kappa shape index (κ3) is 4.69. The van der Waals surface area contributed by atoms with Gasteiger partial charge in [-0.05, 0) is 31.0 Å². The van der Waals surface area contributed by atoms with Crippen LogP contribution in [0.3, 0.4) is 0 Å². The Bertz CT molecular complexity index is 910. The van der Waals surface area contributed by atoms with Gasteiger partial charge in [-0.25, -0.2) is 4.98 Å². The lowest BCUT2D eigenvalue weighted by atomic mass is 10.1. The highest BCUT2D eigenvalue weighted by atomic mass is 19.4. The van der Waals surface area contributed by atoms with Gasteiger partial charge < -0.3 is 20.3 Å². The molecule has 2 atom stereocenters. The molecule has 0 radical (unpaired) electrons. The van der Waals surface area contributed by atoms with Crippen molar-refractivity contribution in [2.75, 3.05) is 13.1 Å². The van der Waals surface area contributed by atoms with Gasteiger partial charge in [-0.2, -0.15) is 13.2 Å². The number of aromatic amines is 1. The molecule has 1 aromatic heterocycles. The number of amides is 2. The van der Waals surface area contributed by atoms with Crippen LogP contribution in [0.5, 0.6) is 0 Å². The summed E-state index contributed by atoms with van der Waals surface area (Å²) in [6, 6.07) is 3.70. The van der Waals surface area contributed by atoms with Crippen molar-refractivity contribution in [1.82, 2.24) is 20.2 Å². The van der Waals surface area contributed by atoms with Crippen molar-refractivity contribution >= 4 is 22.8 Å². The van der Waals surface area contributed by atoms with Gasteiger partial charge >= 0.3 is 6.18 Å². The van der Waals surface area contributed by atoms with Gasteiger partial charge in [0.25, 0.3) is 5.91 Å². The predicted molar refractivity (Wildman–Crippen MR) is 99.0 cm³/mol. The molecule has 1 aromatic carbocycles. The van der Waals surface area contributed by atoms with E-state index in [4.69, 9.17) is 0 Å². The molecule has 0 unspecified atom stereocenters. The minimum absolute atomic E-state index is 0.122. The average molecular weight is 412 g/mol. The number of H-pyrrole nitrogens is 1. The Kier molecular flexibility index (Phi) is 5.83. The third-order valence-corrected chi connectivity index (χ3v) is 5.01. The number of nitrogens with zero attached hydrogens (tertiary/aromatic N) is 2. The highest BCUT2D eigenvalue weighted by molar-refractivity contribution is 5.97. The number of fused-ring (bicyclic) bond motifs is 1. The summed E-state index contributed by atoms with van der Waals surface area (Å²) >= 11 is 0. The van der Waals surface area contributed by atoms with Crippen LogP contribution in [0.4, 0.5) is 13.2 Å². The summed E-state index contributed by atoms with van der Waals surface area (Å²) in [6.07, 6.45) is -4.70. The molecule has 0 aliphatic carbocycles. The van der Waals surface area contributed by atoms with Crippen LogP contribution in [0.15, 0.2) is 18.2 Å². The van der Waals surface area contributed by atoms with Gasteiger partial charge in [0.1, 0.15) is 0 Å². The molecule has 2 heterocycles. The van der Waals surface area contributed by atoms with E-state index in [0.29, 0.717) is 19.4 Å². The first-order chi connectivity index (χ1) is 13.6. The zero-order valence-electron chi connectivity index (χ0n) is 16.1. The van der Waals surface area contributed by atoms with Crippen LogP contribution in [-0.4, -0.2) is 57.0 Å². The van der Waals surface area contributed by atoms with Crippen LogP contribution in [0.25, 0.3) is 11.0 Å². The van der Waals surface area contributed by atoms with Gasteiger partial charge in [-0.3, -0.25) is 9.59 Å². The maximum atomic E-state index is 12.8. The minimum Gasteiger partial charge on any atom is -0.391 e. The third-order valence-electron chi connectivity index (χ3n) is 5.01. The number of carbonyl (C=O) groups is 2. The lowest BCUT2D eigenvalue weighted by Crippen LogP contribution is -2.44. The van der Waals surface area contributed by atoms with E-state index in [9.17, 15) is 27.9 Å². The molecular formula is C19H23F3N4O3. The number of nitrogens with one attached hydrogen (secondary N) is 2. The molecular weight excluding hydrogens is 389 g/mol. The number of aliphatic hydroxyl groups excluding tert-OH is 1. The van der Waals surface area contributed by atoms with E-state index in [1.54, 1.807) is 13.8 Å². The van der Waals surface area contributed by atoms with Gasteiger partial charge in [0.05, 0.1) is 23.2 Å². The van der Waals surface area contributed by atoms with Crippen molar-refractivity contribution in [2.24, 2.45) is 5.92 Å². The van der Waals surface area contributed by atoms with E-state index in [-0.39, 0.29) is 40.9 Å². The van der Waals surface area contributed by atoms with Gasteiger partial charge in [0.2, 0.25) is 11.7 Å². The quantitative estimate of drug-likeness (QED) is 0.721. The van der Waals surface area contributed by atoms with Gasteiger partial charge in [0, 0.05) is 24.6 Å². The molecule has 0 bridgehead atoms. The molecule has 1 aliphatic rings. The van der Waals surface area contributed by atoms with Crippen molar-refractivity contribution in [1.29, 1.82) is 0 Å². The summed E-state index contributed by atoms with van der Waals surface area (Å²) in [5.74, 6) is -1.85. The number of likely N-dealkylation sites (tertiary alicyclic amines) is 1. The fourth-order valence-corrected chi connectivity index (χ4v) is 3.27. The van der Waals surface area contributed by atoms with Crippen LogP contribution in [0.2, 0.25) is 0 Å². The number of aromatic nitrogens is 2. The Labute approximate surface area is 165 Å². The van der Waals surface area contributed by atoms with Crippen molar-refractivity contribution < 1.29 is 27.9 Å². The fraction of sp³-hybridized carbons (Fsp3) is 0.526. The molecule has 2 aromatic rings. The molecule has 7 nitrogen and oxygen atoms in total. The second kappa shape index (κ2) is 8.02. The molecule has 1 saturated heterocycles. The summed E-state index contributed by atoms with van der Waals surface area (Å²) in [6.45, 7) is 4.10. The van der Waals surface area contributed by atoms with E-state index in [2.05, 4.69) is 15.3 Å². The Morgan fingerprint density at radius 2 is 1.97 bits per heavy atom. The number of rotatable bonds is 3. The van der Waals surface area contributed by atoms with Gasteiger partial charge in [-0.15, -0.1) is 0 Å². The standard InChI is InChI=1S/C19H23F3N4O3/c1-10(2)16(28)23-13-5-7-26(8-6-15(13)27)17(29)11-3-4-12-14(9-11)25-18(24-12)19(20,21)22/h3-4,9-10,13,15,27H,5-8H2,1-2H3,(H,23,28)(H,24,25)/t13-,15-/m0/s1. The second-order valence-electron chi connectivity index (χ2n) is 7.52. The number of aliphatic hydroxyl groups is 1. The first-order valence-corrected chi connectivity index (χ1v) is 9.41. The van der Waals surface area contributed by atoms with E-state index in [0.717, 1.165) is 0 Å². The molecule has 2 amide bonds. The first-order valence-electron chi connectivity index (χ1n) is 9.41. The smallest absolute Gasteiger partial charge is 0.391 e. The van der Waals surface area contributed by atoms with Gasteiger partial charge in [0.15, 0.2) is 0 Å². The topological polar surface area (TPSA) is 98.3 Å². The zero-order valence-corrected chi connectivity index (χ0v) is 16.1. The van der Waals surface area contributed by atoms with Crippen molar-refractivity contribution in [3.8, 4) is 0 Å². The van der Waals surface area contributed by atoms with Gasteiger partial charge in [-0.1, -0.05) is 13.8 Å². The lowest BCUT2D eigenvalue weighted by molar-refractivity contribution is -0.144. The normalized spacial score (nSPS) is 20.7. The summed E-state index contributed by atoms with van der Waals surface area (Å²) in [7, 11) is 0. The maximum Gasteiger partial charge on any atom is 0.449 e. The molecule has 158 valence electrons. The number of carbonyl (C=O) groups excluding carboxylic acids is 2. The Morgan fingerprint density at radius 3 is 2.62 bits per heavy atom. The molecule has 0 spiro atoms. The highest BCUT2D eigenvalue weighted by Gasteiger charge is 2.35. The fourth-order valence-electron chi connectivity index (χ4n) is 3.27. The van der Waals surface area contributed by atoms with Crippen LogP contribution >= 0.6 is 0 Å². The van der Waals surface area contributed by atoms with Crippen LogP contribution in [0, 0.1) is 5.92 Å². The molecule has 10 heteroatoms. The molecule has 3 rings (SSSR count). The lowest BCUT2D eigenvalue weighted by Gasteiger charge is -2.22. The van der Waals surface area contributed by atoms with E-state index >= 15 is 0 Å². The van der Waals surface area contributed by atoms with Crippen molar-refractivity contribution in [3.05, 3.63) is 29.6 Å². The highest BCUT2D eigenvalue weighted by Crippen LogP contribution is 2.29. The number of benzene rings is 1. The van der Waals surface area contributed by atoms with Crippen LogP contribution in [-0.2, 0) is 11.0 Å². The average Bonchev–Trinajstić information content (AvgIpc) is 3.01. The van der Waals surface area contributed by atoms with E-state index in [1.165, 1.54) is 23.1 Å². The Hall–Kier alpha value is -2.62. The van der Waals surface area contributed by atoms with Crippen molar-refractivity contribution in [3.63, 3.8) is 0 Å². The monoisotopic (exact) mass is 412 g/mol. The first kappa shape index (κ1) is 21.1. The zero-order chi connectivity index (χ0) is 21.3. The summed E-state index contributed by atoms with van der Waals surface area (Å²) < 4.78 is 38.4. The van der Waals surface area contributed by atoms with Crippen molar-refractivity contribution in [2.45, 2.75) is 45.0 Å². The molecule has 3 N–H and O–H groups in total. The molecule has 1 fully saturated rings. The number of hydrogen-bond donors (Lipinski definition) is 3. The predicted octanol–water partition coefficient (Wildman–Crippen LogP) is 2.32. The largest absolute Gasteiger partial charge is 0.449 e. The van der Waals surface area contributed by atoms with E-state index < -0.39 is 24.1 Å². The summed E-state index contributed by atoms with van der Waals surface area (Å²) in [5.41, 5.74) is 0.478. The number of alkyl halides is 3. The Morgan fingerprint density at radius 1 is 1.28 bits per heavy atom.